The minimum Gasteiger partial charge on any atom is -0.394 e. The maximum atomic E-state index is 14.5. The number of benzene rings is 1. The van der Waals surface area contributed by atoms with Crippen molar-refractivity contribution >= 4 is 29.5 Å². The molecule has 8 heteroatoms. The third-order valence-electron chi connectivity index (χ3n) is 8.55. The third kappa shape index (κ3) is 4.73. The Hall–Kier alpha value is -2.58. The van der Waals surface area contributed by atoms with E-state index in [0.29, 0.717) is 26.1 Å². The summed E-state index contributed by atoms with van der Waals surface area (Å²) in [5, 5.41) is 10.3. The van der Waals surface area contributed by atoms with Gasteiger partial charge in [-0.15, -0.1) is 11.8 Å². The maximum Gasteiger partial charge on any atom is 0.247 e. The van der Waals surface area contributed by atoms with Crippen molar-refractivity contribution in [3.8, 4) is 0 Å². The van der Waals surface area contributed by atoms with Crippen molar-refractivity contribution in [1.82, 2.24) is 14.7 Å². The molecule has 7 nitrogen and oxygen atoms in total. The summed E-state index contributed by atoms with van der Waals surface area (Å²) in [6.07, 6.45) is 8.75. The molecule has 0 saturated carbocycles. The number of likely N-dealkylation sites (tertiary alicyclic amines) is 1. The van der Waals surface area contributed by atoms with Gasteiger partial charge in [0.2, 0.25) is 17.7 Å². The van der Waals surface area contributed by atoms with Gasteiger partial charge in [-0.1, -0.05) is 68.5 Å². The number of aliphatic hydroxyl groups excluding tert-OH is 1. The molecule has 4 heterocycles. The minimum atomic E-state index is -0.871. The molecule has 2 fully saturated rings. The van der Waals surface area contributed by atoms with Gasteiger partial charge < -0.3 is 19.8 Å². The molecule has 0 radical (unpaired) electrons. The number of amides is 3. The van der Waals surface area contributed by atoms with Crippen LogP contribution in [-0.2, 0) is 20.9 Å². The highest BCUT2D eigenvalue weighted by atomic mass is 32.2. The first kappa shape index (κ1) is 28.0. The van der Waals surface area contributed by atoms with Gasteiger partial charge in [-0.25, -0.2) is 0 Å². The lowest BCUT2D eigenvalue weighted by molar-refractivity contribution is -0.149. The van der Waals surface area contributed by atoms with E-state index in [2.05, 4.69) is 26.0 Å². The van der Waals surface area contributed by atoms with Gasteiger partial charge in [0.15, 0.2) is 0 Å². The molecular formula is C31H41N3O4S. The molecule has 39 heavy (non-hydrogen) atoms. The molecule has 1 aromatic rings. The van der Waals surface area contributed by atoms with Crippen LogP contribution in [0.25, 0.3) is 0 Å². The van der Waals surface area contributed by atoms with Gasteiger partial charge >= 0.3 is 0 Å². The molecule has 0 aromatic heterocycles. The van der Waals surface area contributed by atoms with Crippen molar-refractivity contribution < 1.29 is 19.5 Å². The largest absolute Gasteiger partial charge is 0.394 e. The predicted molar refractivity (Wildman–Crippen MR) is 154 cm³/mol. The molecule has 1 unspecified atom stereocenters. The van der Waals surface area contributed by atoms with E-state index in [0.717, 1.165) is 5.56 Å². The van der Waals surface area contributed by atoms with Crippen LogP contribution >= 0.6 is 11.8 Å². The van der Waals surface area contributed by atoms with Crippen LogP contribution in [0.15, 0.2) is 54.6 Å². The number of hydrogen-bond acceptors (Lipinski definition) is 5. The molecule has 6 atom stereocenters. The highest BCUT2D eigenvalue weighted by Crippen LogP contribution is 2.61. The van der Waals surface area contributed by atoms with Gasteiger partial charge in [-0.3, -0.25) is 14.4 Å². The molecule has 1 N–H and O–H groups in total. The fraction of sp³-hybridized carbons (Fsp3) is 0.581. The first-order valence-corrected chi connectivity index (χ1v) is 15.0. The van der Waals surface area contributed by atoms with Crippen LogP contribution in [0.5, 0.6) is 0 Å². The van der Waals surface area contributed by atoms with Crippen molar-refractivity contribution in [2.45, 2.75) is 75.2 Å². The smallest absolute Gasteiger partial charge is 0.247 e. The normalized spacial score (nSPS) is 31.4. The van der Waals surface area contributed by atoms with Gasteiger partial charge in [0.25, 0.3) is 0 Å². The van der Waals surface area contributed by atoms with Crippen molar-refractivity contribution in [2.75, 3.05) is 19.7 Å². The van der Waals surface area contributed by atoms with Crippen LogP contribution in [0.2, 0.25) is 0 Å². The Morgan fingerprint density at radius 3 is 2.38 bits per heavy atom. The fourth-order valence-electron chi connectivity index (χ4n) is 6.89. The van der Waals surface area contributed by atoms with Crippen LogP contribution < -0.4 is 0 Å². The number of aliphatic hydroxyl groups is 1. The lowest BCUT2D eigenvalue weighted by Gasteiger charge is -2.42. The van der Waals surface area contributed by atoms with E-state index >= 15 is 0 Å². The van der Waals surface area contributed by atoms with E-state index in [1.807, 2.05) is 73.1 Å². The van der Waals surface area contributed by atoms with E-state index in [1.165, 1.54) is 0 Å². The second kappa shape index (κ2) is 10.4. The Kier molecular flexibility index (Phi) is 7.48. The van der Waals surface area contributed by atoms with E-state index in [1.54, 1.807) is 16.7 Å². The Labute approximate surface area is 236 Å². The zero-order valence-corrected chi connectivity index (χ0v) is 24.4. The van der Waals surface area contributed by atoms with Crippen molar-refractivity contribution in [1.29, 1.82) is 0 Å². The Bertz CT molecular complexity index is 1180. The summed E-state index contributed by atoms with van der Waals surface area (Å²) in [5.74, 6) is -1.35. The van der Waals surface area contributed by atoms with Gasteiger partial charge in [0.1, 0.15) is 6.04 Å². The fourth-order valence-corrected chi connectivity index (χ4v) is 8.89. The lowest BCUT2D eigenvalue weighted by atomic mass is 9.78. The average molecular weight is 552 g/mol. The summed E-state index contributed by atoms with van der Waals surface area (Å²) < 4.78 is -0.871. The van der Waals surface area contributed by atoms with E-state index < -0.39 is 34.2 Å². The SMILES string of the molecule is CC(C)C[C@H](CO)N1C(=O)[C@@H]2[C@H]3C(=O)N(Cc4ccccc4)CC=C[C@H]3S[C@@]23C=CCN(C(C)(C)C)C(=O)C13. The van der Waals surface area contributed by atoms with Crippen LogP contribution in [0, 0.1) is 17.8 Å². The molecule has 2 saturated heterocycles. The first-order chi connectivity index (χ1) is 18.5. The summed E-state index contributed by atoms with van der Waals surface area (Å²) in [5.41, 5.74) is 0.598. The van der Waals surface area contributed by atoms with E-state index in [-0.39, 0.29) is 35.5 Å². The highest BCUT2D eigenvalue weighted by Gasteiger charge is 2.72. The zero-order chi connectivity index (χ0) is 28.1. The Balaban J connectivity index is 1.59. The van der Waals surface area contributed by atoms with Crippen LogP contribution in [0.3, 0.4) is 0 Å². The molecular weight excluding hydrogens is 510 g/mol. The molecule has 4 aliphatic heterocycles. The van der Waals surface area contributed by atoms with Crippen molar-refractivity contribution in [3.63, 3.8) is 0 Å². The van der Waals surface area contributed by atoms with Gasteiger partial charge in [0.05, 0.1) is 29.2 Å². The molecule has 5 rings (SSSR count). The maximum absolute atomic E-state index is 14.5. The van der Waals surface area contributed by atoms with Crippen molar-refractivity contribution in [3.05, 3.63) is 60.2 Å². The van der Waals surface area contributed by atoms with Crippen LogP contribution in [0.4, 0.5) is 0 Å². The molecule has 0 aliphatic carbocycles. The quantitative estimate of drug-likeness (QED) is 0.548. The highest BCUT2D eigenvalue weighted by molar-refractivity contribution is 8.02. The van der Waals surface area contributed by atoms with E-state index in [9.17, 15) is 19.5 Å². The van der Waals surface area contributed by atoms with Gasteiger partial charge in [-0.2, -0.15) is 0 Å². The average Bonchev–Trinajstić information content (AvgIpc) is 3.20. The van der Waals surface area contributed by atoms with Gasteiger partial charge in [-0.05, 0) is 38.7 Å². The molecule has 0 bridgehead atoms. The second-order valence-electron chi connectivity index (χ2n) is 12.7. The van der Waals surface area contributed by atoms with E-state index in [4.69, 9.17) is 0 Å². The van der Waals surface area contributed by atoms with Crippen molar-refractivity contribution in [2.24, 2.45) is 17.8 Å². The lowest BCUT2D eigenvalue weighted by Crippen LogP contribution is -2.59. The number of carbonyl (C=O) groups excluding carboxylic acids is 3. The molecule has 4 aliphatic rings. The predicted octanol–water partition coefficient (Wildman–Crippen LogP) is 3.49. The molecule has 3 amide bonds. The second-order valence-corrected chi connectivity index (χ2v) is 14.2. The van der Waals surface area contributed by atoms with Gasteiger partial charge in [0, 0.05) is 30.4 Å². The summed E-state index contributed by atoms with van der Waals surface area (Å²) in [6.45, 7) is 11.3. The zero-order valence-electron chi connectivity index (χ0n) is 23.6. The third-order valence-corrected chi connectivity index (χ3v) is 10.3. The topological polar surface area (TPSA) is 81.2 Å². The summed E-state index contributed by atoms with van der Waals surface area (Å²) in [6, 6.07) is 8.64. The van der Waals surface area contributed by atoms with Crippen LogP contribution in [-0.4, -0.2) is 84.8 Å². The number of fused-ring (bicyclic) bond motifs is 2. The number of thioether (sulfide) groups is 1. The number of hydrogen-bond donors (Lipinski definition) is 1. The molecule has 1 aromatic carbocycles. The monoisotopic (exact) mass is 551 g/mol. The Morgan fingerprint density at radius 1 is 1.03 bits per heavy atom. The summed E-state index contributed by atoms with van der Waals surface area (Å²) in [4.78, 5) is 48.5. The molecule has 210 valence electrons. The Morgan fingerprint density at radius 2 is 1.74 bits per heavy atom. The standard InChI is InChI=1S/C31H41N3O4S/c1-20(2)17-22(19-35)34-26-29(38)33(30(3,4)5)16-10-14-31(26)25(28(34)37)24-23(39-31)13-9-15-32(27(24)36)18-21-11-7-6-8-12-21/h6-14,20,22-26,35H,15-19H2,1-5H3/t22-,23-,24+,25+,26?,31+/m1/s1. The number of nitrogens with zero attached hydrogens (tertiary/aromatic N) is 3. The summed E-state index contributed by atoms with van der Waals surface area (Å²) in [7, 11) is 0. The summed E-state index contributed by atoms with van der Waals surface area (Å²) >= 11 is 1.59. The number of carbonyl (C=O) groups is 3. The first-order valence-electron chi connectivity index (χ1n) is 14.1. The van der Waals surface area contributed by atoms with Crippen LogP contribution in [0.1, 0.15) is 46.6 Å². The minimum absolute atomic E-state index is 0.0423. The molecule has 1 spiro atoms. The number of rotatable bonds is 6.